The summed E-state index contributed by atoms with van der Waals surface area (Å²) in [5, 5.41) is 7.93. The van der Waals surface area contributed by atoms with E-state index in [0.717, 1.165) is 17.1 Å². The molecule has 2 heterocycles. The molecule has 0 aliphatic rings. The maximum Gasteiger partial charge on any atom is 0.257 e. The fourth-order valence-electron chi connectivity index (χ4n) is 3.01. The topological polar surface area (TPSA) is 117 Å². The number of aryl methyl sites for hydroxylation is 1. The van der Waals surface area contributed by atoms with Crippen molar-refractivity contribution >= 4 is 21.6 Å². The van der Waals surface area contributed by atoms with E-state index in [1.807, 2.05) is 30.5 Å². The molecule has 28 heavy (non-hydrogen) atoms. The Balaban J connectivity index is 1.88. The second kappa shape index (κ2) is 7.53. The Morgan fingerprint density at radius 3 is 2.61 bits per heavy atom. The summed E-state index contributed by atoms with van der Waals surface area (Å²) in [6.07, 6.45) is 1.60. The fourth-order valence-corrected chi connectivity index (χ4v) is 3.73. The number of rotatable bonds is 6. The Hall–Kier alpha value is -3.04. The number of primary sulfonamides is 1. The van der Waals surface area contributed by atoms with Crippen LogP contribution in [0.15, 0.2) is 52.0 Å². The molecule has 8 nitrogen and oxygen atoms in total. The zero-order valence-corrected chi connectivity index (χ0v) is 16.5. The molecule has 2 aromatic heterocycles. The number of nitrogens with one attached hydrogen (secondary N) is 1. The van der Waals surface area contributed by atoms with Crippen LogP contribution in [0.5, 0.6) is 5.75 Å². The summed E-state index contributed by atoms with van der Waals surface area (Å²) < 4.78 is 35.9. The molecule has 0 unspecified atom stereocenters. The molecular formula is C19H21N3O5S. The first-order valence-electron chi connectivity index (χ1n) is 8.42. The second-order valence-electron chi connectivity index (χ2n) is 6.32. The highest BCUT2D eigenvalue weighted by Crippen LogP contribution is 2.27. The van der Waals surface area contributed by atoms with Crippen molar-refractivity contribution < 1.29 is 22.4 Å². The highest BCUT2D eigenvalue weighted by molar-refractivity contribution is 7.89. The first kappa shape index (κ1) is 19.7. The lowest BCUT2D eigenvalue weighted by molar-refractivity contribution is 0.102. The lowest BCUT2D eigenvalue weighted by atomic mass is 10.2. The molecule has 1 aromatic carbocycles. The minimum atomic E-state index is -4.00. The molecule has 3 aromatic rings. The van der Waals surface area contributed by atoms with Gasteiger partial charge in [-0.25, -0.2) is 13.6 Å². The van der Waals surface area contributed by atoms with Crippen LogP contribution in [-0.2, 0) is 16.6 Å². The number of ether oxygens (including phenoxy) is 1. The smallest absolute Gasteiger partial charge is 0.257 e. The Bertz CT molecular complexity index is 1110. The number of carbonyl (C=O) groups excluding carboxylic acids is 1. The van der Waals surface area contributed by atoms with Gasteiger partial charge in [0.15, 0.2) is 0 Å². The van der Waals surface area contributed by atoms with Gasteiger partial charge in [0.05, 0.1) is 25.5 Å². The molecule has 0 saturated carbocycles. The third-order valence-electron chi connectivity index (χ3n) is 4.44. The number of carbonyl (C=O) groups is 1. The van der Waals surface area contributed by atoms with E-state index in [1.165, 1.54) is 19.2 Å². The Kier molecular flexibility index (Phi) is 5.30. The number of amides is 1. The lowest BCUT2D eigenvalue weighted by Crippen LogP contribution is -2.16. The molecule has 148 valence electrons. The number of nitrogens with zero attached hydrogens (tertiary/aromatic N) is 1. The molecule has 0 atom stereocenters. The van der Waals surface area contributed by atoms with Crippen LogP contribution in [0.1, 0.15) is 27.5 Å². The van der Waals surface area contributed by atoms with E-state index < -0.39 is 10.0 Å². The quantitative estimate of drug-likeness (QED) is 0.656. The zero-order chi connectivity index (χ0) is 20.5. The number of anilines is 1. The summed E-state index contributed by atoms with van der Waals surface area (Å²) in [5.41, 5.74) is 2.45. The average molecular weight is 403 g/mol. The Labute approximate surface area is 163 Å². The van der Waals surface area contributed by atoms with Gasteiger partial charge in [-0.1, -0.05) is 0 Å². The summed E-state index contributed by atoms with van der Waals surface area (Å²) in [5.74, 6) is 0.531. The van der Waals surface area contributed by atoms with E-state index in [2.05, 4.69) is 5.32 Å². The standard InChI is InChI=1S/C19H21N3O5S/c1-12-9-16(13(2)22(12)11-15-5-4-8-27-15)19(23)21-14-6-7-17(26-3)18(10-14)28(20,24)25/h4-10H,11H2,1-3H3,(H,21,23)(H2,20,24,25). The molecule has 0 fully saturated rings. The van der Waals surface area contributed by atoms with Crippen LogP contribution >= 0.6 is 0 Å². The van der Waals surface area contributed by atoms with Crippen LogP contribution in [0.3, 0.4) is 0 Å². The normalized spacial score (nSPS) is 11.4. The van der Waals surface area contributed by atoms with Crippen molar-refractivity contribution in [2.75, 3.05) is 12.4 Å². The molecule has 0 saturated heterocycles. The van der Waals surface area contributed by atoms with Gasteiger partial charge < -0.3 is 19.0 Å². The van der Waals surface area contributed by atoms with E-state index in [-0.39, 0.29) is 16.6 Å². The number of methoxy groups -OCH3 is 1. The number of furan rings is 1. The zero-order valence-electron chi connectivity index (χ0n) is 15.7. The maximum absolute atomic E-state index is 12.8. The Morgan fingerprint density at radius 1 is 1.25 bits per heavy atom. The molecular weight excluding hydrogens is 382 g/mol. The predicted molar refractivity (Wildman–Crippen MR) is 104 cm³/mol. The third kappa shape index (κ3) is 3.95. The van der Waals surface area contributed by atoms with Crippen molar-refractivity contribution in [2.24, 2.45) is 5.14 Å². The van der Waals surface area contributed by atoms with E-state index in [1.54, 1.807) is 18.4 Å². The van der Waals surface area contributed by atoms with Crippen molar-refractivity contribution in [3.63, 3.8) is 0 Å². The van der Waals surface area contributed by atoms with E-state index in [9.17, 15) is 13.2 Å². The molecule has 0 aliphatic heterocycles. The molecule has 0 spiro atoms. The van der Waals surface area contributed by atoms with E-state index in [0.29, 0.717) is 17.8 Å². The number of hydrogen-bond acceptors (Lipinski definition) is 5. The minimum absolute atomic E-state index is 0.108. The van der Waals surface area contributed by atoms with Gasteiger partial charge >= 0.3 is 0 Å². The molecule has 1 amide bonds. The molecule has 9 heteroatoms. The first-order valence-corrected chi connectivity index (χ1v) is 9.96. The largest absolute Gasteiger partial charge is 0.495 e. The SMILES string of the molecule is COc1ccc(NC(=O)c2cc(C)n(Cc3ccco3)c2C)cc1S(N)(=O)=O. The van der Waals surface area contributed by atoms with E-state index >= 15 is 0 Å². The lowest BCUT2D eigenvalue weighted by Gasteiger charge is -2.11. The van der Waals surface area contributed by atoms with Crippen molar-refractivity contribution in [3.8, 4) is 5.75 Å². The minimum Gasteiger partial charge on any atom is -0.495 e. The van der Waals surface area contributed by atoms with Crippen LogP contribution in [0.2, 0.25) is 0 Å². The summed E-state index contributed by atoms with van der Waals surface area (Å²) in [7, 11) is -2.66. The molecule has 0 aliphatic carbocycles. The van der Waals surface area contributed by atoms with Crippen molar-refractivity contribution in [2.45, 2.75) is 25.3 Å². The number of hydrogen-bond donors (Lipinski definition) is 2. The average Bonchev–Trinajstić information content (AvgIpc) is 3.24. The Morgan fingerprint density at radius 2 is 2.00 bits per heavy atom. The monoisotopic (exact) mass is 403 g/mol. The summed E-state index contributed by atoms with van der Waals surface area (Å²) in [6.45, 7) is 4.25. The molecule has 3 N–H and O–H groups in total. The van der Waals surface area contributed by atoms with Gasteiger partial charge in [-0.15, -0.1) is 0 Å². The molecule has 0 bridgehead atoms. The highest BCUT2D eigenvalue weighted by Gasteiger charge is 2.19. The predicted octanol–water partition coefficient (Wildman–Crippen LogP) is 2.65. The fraction of sp³-hybridized carbons (Fsp3) is 0.211. The highest BCUT2D eigenvalue weighted by atomic mass is 32.2. The van der Waals surface area contributed by atoms with Gasteiger partial charge in [-0.3, -0.25) is 4.79 Å². The van der Waals surface area contributed by atoms with E-state index in [4.69, 9.17) is 14.3 Å². The van der Waals surface area contributed by atoms with Gasteiger partial charge in [0, 0.05) is 17.1 Å². The molecule has 3 rings (SSSR count). The summed E-state index contributed by atoms with van der Waals surface area (Å²) >= 11 is 0. The van der Waals surface area contributed by atoms with Crippen LogP contribution < -0.4 is 15.2 Å². The van der Waals surface area contributed by atoms with Gasteiger partial charge in [-0.2, -0.15) is 0 Å². The van der Waals surface area contributed by atoms with Crippen molar-refractivity contribution in [1.82, 2.24) is 4.57 Å². The van der Waals surface area contributed by atoms with Gasteiger partial charge in [0.25, 0.3) is 5.91 Å². The van der Waals surface area contributed by atoms with Crippen molar-refractivity contribution in [1.29, 1.82) is 0 Å². The third-order valence-corrected chi connectivity index (χ3v) is 5.37. The van der Waals surface area contributed by atoms with Crippen LogP contribution in [-0.4, -0.2) is 26.0 Å². The van der Waals surface area contributed by atoms with Gasteiger partial charge in [0.2, 0.25) is 10.0 Å². The number of aromatic nitrogens is 1. The van der Waals surface area contributed by atoms with Crippen LogP contribution in [0, 0.1) is 13.8 Å². The second-order valence-corrected chi connectivity index (χ2v) is 7.84. The van der Waals surface area contributed by atoms with Crippen LogP contribution in [0.4, 0.5) is 5.69 Å². The number of benzene rings is 1. The number of nitrogens with two attached hydrogens (primary N) is 1. The van der Waals surface area contributed by atoms with Crippen LogP contribution in [0.25, 0.3) is 0 Å². The molecule has 0 radical (unpaired) electrons. The first-order chi connectivity index (χ1) is 13.2. The number of sulfonamides is 1. The summed E-state index contributed by atoms with van der Waals surface area (Å²) in [6, 6.07) is 9.71. The summed E-state index contributed by atoms with van der Waals surface area (Å²) in [4.78, 5) is 12.6. The van der Waals surface area contributed by atoms with Crippen molar-refractivity contribution in [3.05, 3.63) is 65.4 Å². The van der Waals surface area contributed by atoms with Gasteiger partial charge in [0.1, 0.15) is 16.4 Å². The van der Waals surface area contributed by atoms with Gasteiger partial charge in [-0.05, 0) is 50.2 Å². The maximum atomic E-state index is 12.8.